The second-order valence-corrected chi connectivity index (χ2v) is 10.7. The fourth-order valence-corrected chi connectivity index (χ4v) is 6.01. The van der Waals surface area contributed by atoms with Crippen molar-refractivity contribution in [2.45, 2.75) is 77.5 Å². The van der Waals surface area contributed by atoms with Crippen molar-refractivity contribution in [3.05, 3.63) is 20.8 Å². The minimum absolute atomic E-state index is 0.000383. The van der Waals surface area contributed by atoms with Crippen LogP contribution in [0.1, 0.15) is 56.4 Å². The number of carbonyl (C=O) groups excluding carboxylic acids is 2. The minimum atomic E-state index is -0.457. The number of aromatic nitrogens is 2. The molecule has 2 atom stereocenters. The van der Waals surface area contributed by atoms with E-state index in [9.17, 15) is 14.4 Å². The molecule has 2 heterocycles. The summed E-state index contributed by atoms with van der Waals surface area (Å²) in [7, 11) is 0. The summed E-state index contributed by atoms with van der Waals surface area (Å²) >= 11 is 2.66. The number of fused-ring (bicyclic) bond motifs is 1. The Labute approximate surface area is 202 Å². The molecule has 182 valence electrons. The fraction of sp³-hybridized carbons (Fsp3) is 0.652. The molecule has 0 aliphatic heterocycles. The molecule has 1 saturated carbocycles. The van der Waals surface area contributed by atoms with Crippen LogP contribution in [-0.4, -0.2) is 46.5 Å². The maximum absolute atomic E-state index is 13.2. The second-order valence-electron chi connectivity index (χ2n) is 8.54. The van der Waals surface area contributed by atoms with Gasteiger partial charge in [0.1, 0.15) is 4.83 Å². The van der Waals surface area contributed by atoms with Gasteiger partial charge in [-0.15, -0.1) is 11.3 Å². The number of thiophene rings is 1. The molecule has 1 aliphatic carbocycles. The molecule has 3 rings (SSSR count). The molecule has 3 amide bonds. The third-order valence-electron chi connectivity index (χ3n) is 6.14. The Balaban J connectivity index is 1.68. The standard InChI is InChI=1S/C23H34N4O4S2/c1-5-31-12-8-11-27-21(29)19-15(3)16(4)33-20(19)26-23(27)32-13-18(28)25-22(30)24-17-10-7-6-9-14(17)2/h14,17H,5-13H2,1-4H3,(H2,24,25,28,30)/t14-,17-/m1/s1. The van der Waals surface area contributed by atoms with Crippen molar-refractivity contribution in [2.24, 2.45) is 5.92 Å². The fourth-order valence-electron chi connectivity index (χ4n) is 4.11. The van der Waals surface area contributed by atoms with Crippen LogP contribution in [0.2, 0.25) is 0 Å². The normalized spacial score (nSPS) is 18.4. The zero-order valence-corrected chi connectivity index (χ0v) is 21.5. The van der Waals surface area contributed by atoms with E-state index >= 15 is 0 Å². The summed E-state index contributed by atoms with van der Waals surface area (Å²) in [6, 6.07) is -0.356. The van der Waals surface area contributed by atoms with E-state index in [1.165, 1.54) is 29.5 Å². The number of carbonyl (C=O) groups is 2. The predicted octanol–water partition coefficient (Wildman–Crippen LogP) is 4.00. The number of thioether (sulfide) groups is 1. The van der Waals surface area contributed by atoms with Crippen LogP contribution in [-0.2, 0) is 16.1 Å². The number of urea groups is 1. The lowest BCUT2D eigenvalue weighted by atomic mass is 9.86. The van der Waals surface area contributed by atoms with Gasteiger partial charge in [-0.2, -0.15) is 0 Å². The predicted molar refractivity (Wildman–Crippen MR) is 133 cm³/mol. The van der Waals surface area contributed by atoms with E-state index in [-0.39, 0.29) is 17.4 Å². The van der Waals surface area contributed by atoms with Crippen LogP contribution in [0.4, 0.5) is 4.79 Å². The third-order valence-corrected chi connectivity index (χ3v) is 8.22. The van der Waals surface area contributed by atoms with Crippen LogP contribution in [0.25, 0.3) is 10.2 Å². The number of ether oxygens (including phenoxy) is 1. The van der Waals surface area contributed by atoms with Gasteiger partial charge in [0.15, 0.2) is 5.16 Å². The third kappa shape index (κ3) is 6.58. The summed E-state index contributed by atoms with van der Waals surface area (Å²) in [5, 5.41) is 6.48. The van der Waals surface area contributed by atoms with Crippen molar-refractivity contribution in [1.82, 2.24) is 20.2 Å². The van der Waals surface area contributed by atoms with Gasteiger partial charge in [-0.25, -0.2) is 9.78 Å². The van der Waals surface area contributed by atoms with E-state index in [2.05, 4.69) is 17.6 Å². The highest BCUT2D eigenvalue weighted by Gasteiger charge is 2.24. The largest absolute Gasteiger partial charge is 0.382 e. The van der Waals surface area contributed by atoms with E-state index in [0.29, 0.717) is 47.5 Å². The van der Waals surface area contributed by atoms with E-state index in [1.54, 1.807) is 4.57 Å². The zero-order valence-electron chi connectivity index (χ0n) is 19.9. The Morgan fingerprint density at radius 3 is 2.76 bits per heavy atom. The number of hydrogen-bond acceptors (Lipinski definition) is 7. The Kier molecular flexibility index (Phi) is 9.34. The lowest BCUT2D eigenvalue weighted by Gasteiger charge is -2.29. The lowest BCUT2D eigenvalue weighted by Crippen LogP contribution is -2.48. The molecular formula is C23H34N4O4S2. The first kappa shape index (κ1) is 25.7. The number of aryl methyl sites for hydroxylation is 2. The first-order chi connectivity index (χ1) is 15.8. The molecule has 8 nitrogen and oxygen atoms in total. The van der Waals surface area contributed by atoms with E-state index < -0.39 is 11.9 Å². The summed E-state index contributed by atoms with van der Waals surface area (Å²) in [6.45, 7) is 9.61. The molecule has 2 N–H and O–H groups in total. The molecule has 2 aromatic heterocycles. The number of nitrogens with zero attached hydrogens (tertiary/aromatic N) is 2. The molecule has 33 heavy (non-hydrogen) atoms. The van der Waals surface area contributed by atoms with Crippen LogP contribution in [0.3, 0.4) is 0 Å². The maximum Gasteiger partial charge on any atom is 0.321 e. The number of amides is 3. The SMILES string of the molecule is CCOCCCn1c(SCC(=O)NC(=O)N[C@@H]2CCCC[C@H]2C)nc2sc(C)c(C)c2c1=O. The summed E-state index contributed by atoms with van der Waals surface area (Å²) in [5.74, 6) is 0.00358. The molecule has 1 aliphatic rings. The van der Waals surface area contributed by atoms with Gasteiger partial charge in [0.2, 0.25) is 5.91 Å². The van der Waals surface area contributed by atoms with Gasteiger partial charge in [0, 0.05) is 30.7 Å². The Hall–Kier alpha value is -1.91. The number of imide groups is 1. The zero-order chi connectivity index (χ0) is 24.0. The van der Waals surface area contributed by atoms with Crippen molar-refractivity contribution in [2.75, 3.05) is 19.0 Å². The molecule has 0 spiro atoms. The Morgan fingerprint density at radius 2 is 2.03 bits per heavy atom. The average molecular weight is 495 g/mol. The molecule has 0 unspecified atom stereocenters. The van der Waals surface area contributed by atoms with Gasteiger partial charge in [-0.05, 0) is 51.5 Å². The van der Waals surface area contributed by atoms with Crippen LogP contribution >= 0.6 is 23.1 Å². The molecule has 10 heteroatoms. The smallest absolute Gasteiger partial charge is 0.321 e. The van der Waals surface area contributed by atoms with E-state index in [1.807, 2.05) is 20.8 Å². The highest BCUT2D eigenvalue weighted by atomic mass is 32.2. The van der Waals surface area contributed by atoms with Crippen LogP contribution < -0.4 is 16.2 Å². The van der Waals surface area contributed by atoms with Gasteiger partial charge in [-0.1, -0.05) is 31.5 Å². The number of nitrogens with one attached hydrogen (secondary N) is 2. The molecule has 0 aromatic carbocycles. The Morgan fingerprint density at radius 1 is 1.27 bits per heavy atom. The topological polar surface area (TPSA) is 102 Å². The molecular weight excluding hydrogens is 460 g/mol. The molecule has 1 fully saturated rings. The van der Waals surface area contributed by atoms with E-state index in [0.717, 1.165) is 29.7 Å². The van der Waals surface area contributed by atoms with Crippen molar-refractivity contribution in [1.29, 1.82) is 0 Å². The summed E-state index contributed by atoms with van der Waals surface area (Å²) in [4.78, 5) is 44.4. The lowest BCUT2D eigenvalue weighted by molar-refractivity contribution is -0.117. The van der Waals surface area contributed by atoms with Crippen molar-refractivity contribution in [3.8, 4) is 0 Å². The minimum Gasteiger partial charge on any atom is -0.382 e. The van der Waals surface area contributed by atoms with Crippen LogP contribution in [0.5, 0.6) is 0 Å². The van der Waals surface area contributed by atoms with Gasteiger partial charge in [0.25, 0.3) is 5.56 Å². The average Bonchev–Trinajstić information content (AvgIpc) is 3.06. The molecule has 0 radical (unpaired) electrons. The first-order valence-electron chi connectivity index (χ1n) is 11.6. The summed E-state index contributed by atoms with van der Waals surface area (Å²) < 4.78 is 7.04. The van der Waals surface area contributed by atoms with Crippen LogP contribution in [0.15, 0.2) is 9.95 Å². The quantitative estimate of drug-likeness (QED) is 0.310. The van der Waals surface area contributed by atoms with Crippen molar-refractivity contribution in [3.63, 3.8) is 0 Å². The van der Waals surface area contributed by atoms with Gasteiger partial charge < -0.3 is 10.1 Å². The monoisotopic (exact) mass is 494 g/mol. The molecule has 0 saturated heterocycles. The van der Waals surface area contributed by atoms with Gasteiger partial charge >= 0.3 is 6.03 Å². The molecule has 2 aromatic rings. The van der Waals surface area contributed by atoms with Gasteiger partial charge in [-0.3, -0.25) is 19.5 Å². The highest BCUT2D eigenvalue weighted by Crippen LogP contribution is 2.28. The summed E-state index contributed by atoms with van der Waals surface area (Å²) in [6.07, 6.45) is 4.98. The van der Waals surface area contributed by atoms with Crippen LogP contribution in [0, 0.1) is 19.8 Å². The van der Waals surface area contributed by atoms with Crippen molar-refractivity contribution < 1.29 is 14.3 Å². The maximum atomic E-state index is 13.2. The second kappa shape index (κ2) is 12.0. The number of rotatable bonds is 9. The van der Waals surface area contributed by atoms with Gasteiger partial charge in [0.05, 0.1) is 11.1 Å². The first-order valence-corrected chi connectivity index (χ1v) is 13.4. The number of hydrogen-bond donors (Lipinski definition) is 2. The summed E-state index contributed by atoms with van der Waals surface area (Å²) in [5.41, 5.74) is 0.860. The Bertz CT molecular complexity index is 1050. The molecule has 0 bridgehead atoms. The van der Waals surface area contributed by atoms with E-state index in [4.69, 9.17) is 9.72 Å². The highest BCUT2D eigenvalue weighted by molar-refractivity contribution is 7.99. The van der Waals surface area contributed by atoms with Crippen molar-refractivity contribution >= 4 is 45.3 Å².